The topological polar surface area (TPSA) is 80.7 Å². The minimum absolute atomic E-state index is 0.525. The minimum Gasteiger partial charge on any atom is -0.394 e. The van der Waals surface area contributed by atoms with Gasteiger partial charge < -0.3 is 10.3 Å². The third-order valence-corrected chi connectivity index (χ3v) is 2.32. The summed E-state index contributed by atoms with van der Waals surface area (Å²) >= 11 is 0. The van der Waals surface area contributed by atoms with Crippen LogP contribution < -0.4 is 5.73 Å². The highest BCUT2D eigenvalue weighted by molar-refractivity contribution is 5.94. The molecule has 0 amide bonds. The van der Waals surface area contributed by atoms with Crippen molar-refractivity contribution in [3.8, 4) is 11.3 Å². The monoisotopic (exact) mass is 200 g/mol. The maximum Gasteiger partial charge on any atom is 0.191 e. The second kappa shape index (κ2) is 2.84. The zero-order valence-electron chi connectivity index (χ0n) is 7.77. The van der Waals surface area contributed by atoms with Crippen LogP contribution >= 0.6 is 0 Å². The van der Waals surface area contributed by atoms with Crippen LogP contribution in [0.5, 0.6) is 0 Å². The van der Waals surface area contributed by atoms with E-state index in [2.05, 4.69) is 15.4 Å². The summed E-state index contributed by atoms with van der Waals surface area (Å²) in [5, 5.41) is 11.6. The van der Waals surface area contributed by atoms with Gasteiger partial charge in [0.2, 0.25) is 0 Å². The van der Waals surface area contributed by atoms with Crippen molar-refractivity contribution in [2.75, 3.05) is 5.73 Å². The number of nitrogens with two attached hydrogens (primary N) is 1. The predicted octanol–water partition coefficient (Wildman–Crippen LogP) is 1.80. The molecule has 0 atom stereocenters. The standard InChI is InChI=1S/C10H8N4O/c11-8-5-13-15-10(8)7-3-1-2-6-4-12-14-9(6)7/h1-5H,11H2,(H,12,14). The first-order chi connectivity index (χ1) is 7.36. The summed E-state index contributed by atoms with van der Waals surface area (Å²) in [7, 11) is 0. The van der Waals surface area contributed by atoms with Gasteiger partial charge in [0.25, 0.3) is 0 Å². The van der Waals surface area contributed by atoms with E-state index >= 15 is 0 Å². The molecule has 2 heterocycles. The summed E-state index contributed by atoms with van der Waals surface area (Å²) in [6, 6.07) is 5.81. The number of nitrogens with zero attached hydrogens (tertiary/aromatic N) is 2. The Balaban J connectivity index is 2.36. The molecule has 15 heavy (non-hydrogen) atoms. The summed E-state index contributed by atoms with van der Waals surface area (Å²) < 4.78 is 5.11. The van der Waals surface area contributed by atoms with Gasteiger partial charge in [-0.25, -0.2) is 0 Å². The van der Waals surface area contributed by atoms with Crippen LogP contribution in [0.15, 0.2) is 35.1 Å². The number of rotatable bonds is 1. The minimum atomic E-state index is 0.525. The molecule has 0 saturated heterocycles. The molecule has 0 radical (unpaired) electrons. The van der Waals surface area contributed by atoms with E-state index in [9.17, 15) is 0 Å². The Bertz CT molecular complexity index is 610. The normalized spacial score (nSPS) is 10.9. The van der Waals surface area contributed by atoms with E-state index in [1.54, 1.807) is 6.20 Å². The van der Waals surface area contributed by atoms with Crippen LogP contribution in [0.25, 0.3) is 22.2 Å². The number of anilines is 1. The van der Waals surface area contributed by atoms with E-state index < -0.39 is 0 Å². The molecule has 3 rings (SSSR count). The molecule has 0 aliphatic carbocycles. The van der Waals surface area contributed by atoms with Gasteiger partial charge in [-0.05, 0) is 6.07 Å². The largest absolute Gasteiger partial charge is 0.394 e. The molecule has 5 heteroatoms. The second-order valence-electron chi connectivity index (χ2n) is 3.25. The molecule has 3 aromatic rings. The van der Waals surface area contributed by atoms with E-state index in [0.717, 1.165) is 16.5 Å². The van der Waals surface area contributed by atoms with Crippen molar-refractivity contribution in [2.24, 2.45) is 0 Å². The van der Waals surface area contributed by atoms with Crippen molar-refractivity contribution in [2.45, 2.75) is 0 Å². The van der Waals surface area contributed by atoms with Gasteiger partial charge >= 0.3 is 0 Å². The van der Waals surface area contributed by atoms with Gasteiger partial charge in [-0.3, -0.25) is 5.10 Å². The lowest BCUT2D eigenvalue weighted by Crippen LogP contribution is -1.85. The Morgan fingerprint density at radius 3 is 3.00 bits per heavy atom. The zero-order chi connectivity index (χ0) is 10.3. The number of nitrogen functional groups attached to an aromatic ring is 1. The Morgan fingerprint density at radius 1 is 1.27 bits per heavy atom. The number of aromatic amines is 1. The number of H-pyrrole nitrogens is 1. The van der Waals surface area contributed by atoms with Gasteiger partial charge in [0, 0.05) is 10.9 Å². The summed E-state index contributed by atoms with van der Waals surface area (Å²) in [5.74, 6) is 0.574. The number of benzene rings is 1. The molecule has 0 aliphatic heterocycles. The van der Waals surface area contributed by atoms with Crippen molar-refractivity contribution >= 4 is 16.6 Å². The molecular weight excluding hydrogens is 192 g/mol. The van der Waals surface area contributed by atoms with E-state index in [4.69, 9.17) is 10.3 Å². The van der Waals surface area contributed by atoms with Crippen LogP contribution in [0.1, 0.15) is 0 Å². The van der Waals surface area contributed by atoms with Crippen LogP contribution in [-0.2, 0) is 0 Å². The smallest absolute Gasteiger partial charge is 0.191 e. The van der Waals surface area contributed by atoms with Crippen molar-refractivity contribution in [3.63, 3.8) is 0 Å². The lowest BCUT2D eigenvalue weighted by atomic mass is 10.1. The van der Waals surface area contributed by atoms with Gasteiger partial charge in [0.15, 0.2) is 5.76 Å². The van der Waals surface area contributed by atoms with Crippen LogP contribution in [0.2, 0.25) is 0 Å². The molecule has 0 aliphatic rings. The van der Waals surface area contributed by atoms with Crippen molar-refractivity contribution in [3.05, 3.63) is 30.6 Å². The highest BCUT2D eigenvalue weighted by Gasteiger charge is 2.11. The molecule has 0 spiro atoms. The lowest BCUT2D eigenvalue weighted by Gasteiger charge is -1.98. The van der Waals surface area contributed by atoms with E-state index in [1.165, 1.54) is 6.20 Å². The van der Waals surface area contributed by atoms with E-state index in [-0.39, 0.29) is 0 Å². The molecule has 0 unspecified atom stereocenters. The molecule has 5 nitrogen and oxygen atoms in total. The summed E-state index contributed by atoms with van der Waals surface area (Å²) in [6.07, 6.45) is 3.25. The number of fused-ring (bicyclic) bond motifs is 1. The quantitative estimate of drug-likeness (QED) is 0.627. The van der Waals surface area contributed by atoms with Gasteiger partial charge in [-0.2, -0.15) is 5.10 Å². The van der Waals surface area contributed by atoms with E-state index in [1.807, 2.05) is 18.2 Å². The first-order valence-corrected chi connectivity index (χ1v) is 4.49. The molecular formula is C10H8N4O. The first kappa shape index (κ1) is 8.05. The maximum atomic E-state index is 5.74. The third-order valence-electron chi connectivity index (χ3n) is 2.32. The fraction of sp³-hybridized carbons (Fsp3) is 0. The second-order valence-corrected chi connectivity index (χ2v) is 3.25. The number of aromatic nitrogens is 3. The van der Waals surface area contributed by atoms with Crippen LogP contribution in [0.3, 0.4) is 0 Å². The average Bonchev–Trinajstić information content (AvgIpc) is 2.85. The Morgan fingerprint density at radius 2 is 2.20 bits per heavy atom. The van der Waals surface area contributed by atoms with Crippen molar-refractivity contribution in [1.82, 2.24) is 15.4 Å². The Kier molecular flexibility index (Phi) is 1.53. The Hall–Kier alpha value is -2.30. The molecule has 1 aromatic carbocycles. The molecule has 2 aromatic heterocycles. The first-order valence-electron chi connectivity index (χ1n) is 4.49. The zero-order valence-corrected chi connectivity index (χ0v) is 7.77. The predicted molar refractivity (Wildman–Crippen MR) is 56.0 cm³/mol. The van der Waals surface area contributed by atoms with Gasteiger partial charge in [-0.1, -0.05) is 17.3 Å². The third kappa shape index (κ3) is 1.10. The van der Waals surface area contributed by atoms with E-state index in [0.29, 0.717) is 11.4 Å². The highest BCUT2D eigenvalue weighted by atomic mass is 16.5. The molecule has 3 N–H and O–H groups in total. The summed E-state index contributed by atoms with van der Waals surface area (Å²) in [5.41, 5.74) is 8.05. The lowest BCUT2D eigenvalue weighted by molar-refractivity contribution is 0.433. The molecule has 74 valence electrons. The number of nitrogens with one attached hydrogen (secondary N) is 1. The highest BCUT2D eigenvalue weighted by Crippen LogP contribution is 2.30. The van der Waals surface area contributed by atoms with Crippen molar-refractivity contribution < 1.29 is 4.52 Å². The van der Waals surface area contributed by atoms with Crippen molar-refractivity contribution in [1.29, 1.82) is 0 Å². The maximum absolute atomic E-state index is 5.74. The molecule has 0 fully saturated rings. The van der Waals surface area contributed by atoms with Crippen LogP contribution in [-0.4, -0.2) is 15.4 Å². The van der Waals surface area contributed by atoms with Gasteiger partial charge in [0.05, 0.1) is 17.9 Å². The Labute approximate surface area is 84.9 Å². The average molecular weight is 200 g/mol. The van der Waals surface area contributed by atoms with Gasteiger partial charge in [-0.15, -0.1) is 0 Å². The molecule has 0 bridgehead atoms. The number of para-hydroxylation sites is 1. The fourth-order valence-corrected chi connectivity index (χ4v) is 1.61. The molecule has 0 saturated carbocycles. The summed E-state index contributed by atoms with van der Waals surface area (Å²) in [6.45, 7) is 0. The summed E-state index contributed by atoms with van der Waals surface area (Å²) in [4.78, 5) is 0. The fourth-order valence-electron chi connectivity index (χ4n) is 1.61. The SMILES string of the molecule is Nc1cnoc1-c1cccc2cn[nH]c12. The number of hydrogen-bond donors (Lipinski definition) is 2. The number of hydrogen-bond acceptors (Lipinski definition) is 4. The van der Waals surface area contributed by atoms with Gasteiger partial charge in [0.1, 0.15) is 5.69 Å². The van der Waals surface area contributed by atoms with Crippen LogP contribution in [0.4, 0.5) is 5.69 Å². The van der Waals surface area contributed by atoms with Crippen LogP contribution in [0, 0.1) is 0 Å².